The second kappa shape index (κ2) is 9.70. The van der Waals surface area contributed by atoms with Crippen molar-refractivity contribution >= 4 is 22.6 Å². The Kier molecular flexibility index (Phi) is 7.04. The maximum Gasteiger partial charge on any atom is 0.221 e. The van der Waals surface area contributed by atoms with Crippen molar-refractivity contribution in [2.75, 3.05) is 24.5 Å². The third kappa shape index (κ3) is 5.42. The molecule has 1 aromatic heterocycles. The molecule has 2 aromatic rings. The Morgan fingerprint density at radius 2 is 2.00 bits per heavy atom. The number of nitrogens with zero attached hydrogens (tertiary/aromatic N) is 2. The number of carbonyl (C=O) groups is 1. The minimum Gasteiger partial charge on any atom is -0.356 e. The molecule has 1 fully saturated rings. The number of hydrogen-bond acceptors (Lipinski definition) is 4. The van der Waals surface area contributed by atoms with Gasteiger partial charge in [0.1, 0.15) is 5.82 Å². The van der Waals surface area contributed by atoms with E-state index in [9.17, 15) is 4.79 Å². The molecule has 1 unspecified atom stereocenters. The predicted molar refractivity (Wildman–Crippen MR) is 112 cm³/mol. The number of benzene rings is 1. The van der Waals surface area contributed by atoms with E-state index in [1.165, 1.54) is 30.2 Å². The van der Waals surface area contributed by atoms with E-state index >= 15 is 0 Å². The van der Waals surface area contributed by atoms with Gasteiger partial charge in [-0.25, -0.2) is 4.98 Å². The van der Waals surface area contributed by atoms with Crippen molar-refractivity contribution < 1.29 is 4.79 Å². The number of hydrogen-bond donors (Lipinski definition) is 2. The zero-order valence-electron chi connectivity index (χ0n) is 16.6. The summed E-state index contributed by atoms with van der Waals surface area (Å²) in [6.45, 7) is 7.69. The third-order valence-electron chi connectivity index (χ3n) is 5.30. The number of aromatic nitrogens is 1. The molecule has 1 atom stereocenters. The first kappa shape index (κ1) is 19.6. The highest BCUT2D eigenvalue weighted by Gasteiger charge is 2.17. The van der Waals surface area contributed by atoms with Gasteiger partial charge in [-0.05, 0) is 44.7 Å². The lowest BCUT2D eigenvalue weighted by Crippen LogP contribution is -2.34. The molecule has 0 spiro atoms. The first-order valence-electron chi connectivity index (χ1n) is 10.3. The summed E-state index contributed by atoms with van der Waals surface area (Å²) in [7, 11) is 0. The van der Waals surface area contributed by atoms with Crippen LogP contribution >= 0.6 is 0 Å². The average Bonchev–Trinajstić information content (AvgIpc) is 2.71. The van der Waals surface area contributed by atoms with Crippen LogP contribution < -0.4 is 15.5 Å². The van der Waals surface area contributed by atoms with Gasteiger partial charge in [0, 0.05) is 49.6 Å². The van der Waals surface area contributed by atoms with E-state index in [0.29, 0.717) is 13.0 Å². The van der Waals surface area contributed by atoms with Gasteiger partial charge in [0.2, 0.25) is 5.91 Å². The highest BCUT2D eigenvalue weighted by Crippen LogP contribution is 2.26. The van der Waals surface area contributed by atoms with E-state index < -0.39 is 0 Å². The largest absolute Gasteiger partial charge is 0.356 e. The van der Waals surface area contributed by atoms with Crippen molar-refractivity contribution in [3.63, 3.8) is 0 Å². The molecule has 5 nitrogen and oxygen atoms in total. The number of para-hydroxylation sites is 1. The molecule has 5 heteroatoms. The highest BCUT2D eigenvalue weighted by molar-refractivity contribution is 5.82. The number of rotatable bonds is 8. The Morgan fingerprint density at radius 1 is 1.22 bits per heavy atom. The molecule has 0 bridgehead atoms. The zero-order valence-corrected chi connectivity index (χ0v) is 16.6. The summed E-state index contributed by atoms with van der Waals surface area (Å²) in [4.78, 5) is 19.3. The summed E-state index contributed by atoms with van der Waals surface area (Å²) in [5, 5.41) is 7.63. The van der Waals surface area contributed by atoms with E-state index in [1.807, 2.05) is 13.0 Å². The Balaban J connectivity index is 1.66. The Labute approximate surface area is 162 Å². The molecule has 1 aliphatic heterocycles. The maximum atomic E-state index is 11.9. The van der Waals surface area contributed by atoms with Crippen LogP contribution in [0.2, 0.25) is 0 Å². The van der Waals surface area contributed by atoms with Gasteiger partial charge in [0.05, 0.1) is 5.52 Å². The summed E-state index contributed by atoms with van der Waals surface area (Å²) in [5.74, 6) is 1.22. The van der Waals surface area contributed by atoms with Crippen LogP contribution in [0.15, 0.2) is 30.3 Å². The van der Waals surface area contributed by atoms with E-state index in [1.54, 1.807) is 0 Å². The lowest BCUT2D eigenvalue weighted by molar-refractivity contribution is -0.121. The number of pyridine rings is 1. The SMILES string of the molecule is CCC(C)NC(=O)CCNCc1cc2ccccc2nc1N1CCCCC1. The molecule has 0 radical (unpaired) electrons. The van der Waals surface area contributed by atoms with Gasteiger partial charge in [-0.3, -0.25) is 4.79 Å². The number of amides is 1. The average molecular weight is 369 g/mol. The van der Waals surface area contributed by atoms with Gasteiger partial charge < -0.3 is 15.5 Å². The van der Waals surface area contributed by atoms with E-state index in [0.717, 1.165) is 37.4 Å². The zero-order chi connectivity index (χ0) is 19.1. The Bertz CT molecular complexity index is 755. The lowest BCUT2D eigenvalue weighted by Gasteiger charge is -2.30. The number of nitrogens with one attached hydrogen (secondary N) is 2. The molecular formula is C22H32N4O. The summed E-state index contributed by atoms with van der Waals surface area (Å²) < 4.78 is 0. The summed E-state index contributed by atoms with van der Waals surface area (Å²) in [6, 6.07) is 10.8. The molecule has 0 saturated carbocycles. The number of carbonyl (C=O) groups excluding carboxylic acids is 1. The highest BCUT2D eigenvalue weighted by atomic mass is 16.1. The Morgan fingerprint density at radius 3 is 2.78 bits per heavy atom. The van der Waals surface area contributed by atoms with Crippen molar-refractivity contribution in [1.82, 2.24) is 15.6 Å². The Hall–Kier alpha value is -2.14. The van der Waals surface area contributed by atoms with Crippen molar-refractivity contribution in [2.24, 2.45) is 0 Å². The lowest BCUT2D eigenvalue weighted by atomic mass is 10.1. The summed E-state index contributed by atoms with van der Waals surface area (Å²) in [6.07, 6.45) is 5.24. The van der Waals surface area contributed by atoms with Crippen LogP contribution in [0.5, 0.6) is 0 Å². The van der Waals surface area contributed by atoms with Crippen LogP contribution in [-0.4, -0.2) is 36.6 Å². The van der Waals surface area contributed by atoms with E-state index in [2.05, 4.69) is 46.7 Å². The second-order valence-electron chi connectivity index (χ2n) is 7.52. The van der Waals surface area contributed by atoms with Crippen LogP contribution in [0.3, 0.4) is 0 Å². The van der Waals surface area contributed by atoms with Gasteiger partial charge >= 0.3 is 0 Å². The number of fused-ring (bicyclic) bond motifs is 1. The fourth-order valence-corrected chi connectivity index (χ4v) is 3.53. The van der Waals surface area contributed by atoms with Crippen LogP contribution in [-0.2, 0) is 11.3 Å². The number of piperidine rings is 1. The van der Waals surface area contributed by atoms with Gasteiger partial charge in [-0.1, -0.05) is 25.1 Å². The molecule has 0 aliphatic carbocycles. The van der Waals surface area contributed by atoms with Gasteiger partial charge in [-0.15, -0.1) is 0 Å². The second-order valence-corrected chi connectivity index (χ2v) is 7.52. The summed E-state index contributed by atoms with van der Waals surface area (Å²) in [5.41, 5.74) is 2.27. The van der Waals surface area contributed by atoms with Crippen molar-refractivity contribution in [1.29, 1.82) is 0 Å². The van der Waals surface area contributed by atoms with Crippen LogP contribution in [0, 0.1) is 0 Å². The fraction of sp³-hybridized carbons (Fsp3) is 0.545. The van der Waals surface area contributed by atoms with Crippen LogP contribution in [0.4, 0.5) is 5.82 Å². The first-order valence-corrected chi connectivity index (χ1v) is 10.3. The molecule has 1 aliphatic rings. The monoisotopic (exact) mass is 368 g/mol. The molecule has 1 aromatic carbocycles. The van der Waals surface area contributed by atoms with Gasteiger partial charge in [0.15, 0.2) is 0 Å². The van der Waals surface area contributed by atoms with Crippen molar-refractivity contribution in [3.8, 4) is 0 Å². The third-order valence-corrected chi connectivity index (χ3v) is 5.30. The molecule has 2 N–H and O–H groups in total. The standard InChI is InChI=1S/C22H32N4O/c1-3-17(2)24-21(27)11-12-23-16-19-15-18-9-5-6-10-20(18)25-22(19)26-13-7-4-8-14-26/h5-6,9-10,15,17,23H,3-4,7-8,11-14,16H2,1-2H3,(H,24,27). The molecule has 3 rings (SSSR count). The summed E-state index contributed by atoms with van der Waals surface area (Å²) >= 11 is 0. The van der Waals surface area contributed by atoms with E-state index in [4.69, 9.17) is 4.98 Å². The minimum atomic E-state index is 0.116. The van der Waals surface area contributed by atoms with Crippen LogP contribution in [0.1, 0.15) is 51.5 Å². The molecular weight excluding hydrogens is 336 g/mol. The molecule has 1 amide bonds. The van der Waals surface area contributed by atoms with Gasteiger partial charge in [0.25, 0.3) is 0 Å². The van der Waals surface area contributed by atoms with E-state index in [-0.39, 0.29) is 11.9 Å². The predicted octanol–water partition coefficient (Wildman–Crippen LogP) is 3.62. The quantitative estimate of drug-likeness (QED) is 0.699. The van der Waals surface area contributed by atoms with Crippen molar-refractivity contribution in [2.45, 2.75) is 58.5 Å². The molecule has 1 saturated heterocycles. The normalized spacial score (nSPS) is 15.7. The number of anilines is 1. The molecule has 2 heterocycles. The maximum absolute atomic E-state index is 11.9. The first-order chi connectivity index (χ1) is 13.2. The smallest absolute Gasteiger partial charge is 0.221 e. The fourth-order valence-electron chi connectivity index (χ4n) is 3.53. The topological polar surface area (TPSA) is 57.3 Å². The molecule has 27 heavy (non-hydrogen) atoms. The van der Waals surface area contributed by atoms with Crippen molar-refractivity contribution in [3.05, 3.63) is 35.9 Å². The van der Waals surface area contributed by atoms with Crippen LogP contribution in [0.25, 0.3) is 10.9 Å². The minimum absolute atomic E-state index is 0.116. The molecule has 146 valence electrons. The van der Waals surface area contributed by atoms with Gasteiger partial charge in [-0.2, -0.15) is 0 Å².